The fourth-order valence-electron chi connectivity index (χ4n) is 5.46. The van der Waals surface area contributed by atoms with Crippen molar-refractivity contribution in [3.63, 3.8) is 0 Å². The number of carbonyl (C=O) groups is 3. The van der Waals surface area contributed by atoms with Crippen LogP contribution in [0.4, 0.5) is 0 Å². The summed E-state index contributed by atoms with van der Waals surface area (Å²) in [5.74, 6) is 1.34. The normalized spacial score (nSPS) is 26.0. The van der Waals surface area contributed by atoms with Crippen LogP contribution in [0.1, 0.15) is 24.4 Å². The number of nitrogens with zero attached hydrogens (tertiary/aromatic N) is 4. The molecule has 0 radical (unpaired) electrons. The second-order valence-electron chi connectivity index (χ2n) is 8.74. The molecule has 35 heavy (non-hydrogen) atoms. The molecule has 0 aromatic carbocycles. The zero-order valence-corrected chi connectivity index (χ0v) is 19.4. The molecule has 5 rings (SSSR count). The van der Waals surface area contributed by atoms with Gasteiger partial charge < -0.3 is 25.3 Å². The molecule has 0 aliphatic carbocycles. The van der Waals surface area contributed by atoms with Crippen molar-refractivity contribution in [2.45, 2.75) is 44.6 Å². The Hall–Kier alpha value is -3.58. The molecular formula is C22H30N6O7. The van der Waals surface area contributed by atoms with E-state index >= 15 is 0 Å². The molecule has 3 aliphatic rings. The smallest absolute Gasteiger partial charge is 0.290 e. The molecule has 2 aromatic rings. The first-order chi connectivity index (χ1) is 16.8. The maximum atomic E-state index is 12.3. The quantitative estimate of drug-likeness (QED) is 0.385. The number of H-pyrrole nitrogens is 1. The van der Waals surface area contributed by atoms with Crippen LogP contribution in [0.15, 0.2) is 29.3 Å². The van der Waals surface area contributed by atoms with E-state index in [0.29, 0.717) is 30.7 Å². The molecule has 3 aliphatic heterocycles. The lowest BCUT2D eigenvalue weighted by molar-refractivity contribution is -0.123. The topological polar surface area (TPSA) is 180 Å². The predicted octanol–water partition coefficient (Wildman–Crippen LogP) is -0.528. The van der Waals surface area contributed by atoms with Gasteiger partial charge in [-0.3, -0.25) is 28.8 Å². The molecule has 3 fully saturated rings. The van der Waals surface area contributed by atoms with Gasteiger partial charge in [0.2, 0.25) is 5.91 Å². The van der Waals surface area contributed by atoms with Gasteiger partial charge in [-0.15, -0.1) is 0 Å². The number of carboxylic acid groups (broad SMARTS) is 2. The Kier molecular flexibility index (Phi) is 8.71. The Morgan fingerprint density at radius 3 is 2.77 bits per heavy atom. The van der Waals surface area contributed by atoms with Crippen LogP contribution < -0.4 is 10.9 Å². The van der Waals surface area contributed by atoms with Crippen LogP contribution >= 0.6 is 0 Å². The molecule has 5 heterocycles. The minimum atomic E-state index is -0.250. The van der Waals surface area contributed by atoms with Crippen LogP contribution in [0.3, 0.4) is 0 Å². The number of ether oxygens (including phenoxy) is 1. The van der Waals surface area contributed by atoms with Gasteiger partial charge in [0, 0.05) is 56.5 Å². The minimum absolute atomic E-state index is 0.0245. The largest absolute Gasteiger partial charge is 0.483 e. The number of likely N-dealkylation sites (tertiary alicyclic amines) is 1. The van der Waals surface area contributed by atoms with Crippen molar-refractivity contribution in [3.8, 4) is 0 Å². The van der Waals surface area contributed by atoms with E-state index in [9.17, 15) is 9.59 Å². The zero-order valence-electron chi connectivity index (χ0n) is 19.4. The Balaban J connectivity index is 0.000000520. The van der Waals surface area contributed by atoms with Crippen molar-refractivity contribution >= 4 is 18.9 Å². The first-order valence-corrected chi connectivity index (χ1v) is 11.2. The van der Waals surface area contributed by atoms with Gasteiger partial charge in [-0.25, -0.2) is 4.98 Å². The van der Waals surface area contributed by atoms with Crippen LogP contribution in [-0.2, 0) is 32.2 Å². The second-order valence-corrected chi connectivity index (χ2v) is 8.74. The molecule has 4 atom stereocenters. The monoisotopic (exact) mass is 490 g/mol. The Labute approximate surface area is 201 Å². The first-order valence-electron chi connectivity index (χ1n) is 11.2. The van der Waals surface area contributed by atoms with Crippen molar-refractivity contribution < 1.29 is 29.3 Å². The molecule has 2 aromatic heterocycles. The molecule has 1 spiro atoms. The van der Waals surface area contributed by atoms with Crippen LogP contribution in [0.25, 0.3) is 0 Å². The summed E-state index contributed by atoms with van der Waals surface area (Å²) in [6.07, 6.45) is 5.80. The predicted molar refractivity (Wildman–Crippen MR) is 121 cm³/mol. The van der Waals surface area contributed by atoms with Gasteiger partial charge in [0.15, 0.2) is 0 Å². The lowest BCUT2D eigenvalue weighted by atomic mass is 9.73. The molecule has 190 valence electrons. The standard InChI is InChI=1S/C20H26N6O3.2CH2O2/c1-13-23-14(7-18(27)24-13)9-25-10-16-15(17-3-4-20(16,12-25)29-17)8-21-19(28)11-26-6-2-5-22-26;2*2-1-3/h2,5-7,15-17H,3-4,8-12H2,1H3,(H,21,28)(H,23,24,27);2*1H,(H,2,3)/t15-,16+,17+,20+;;/m0../s1. The van der Waals surface area contributed by atoms with Crippen LogP contribution in [0, 0.1) is 18.8 Å². The Bertz CT molecular complexity index is 1050. The van der Waals surface area contributed by atoms with E-state index in [-0.39, 0.29) is 42.7 Å². The van der Waals surface area contributed by atoms with E-state index < -0.39 is 0 Å². The molecule has 0 saturated carbocycles. The average molecular weight is 491 g/mol. The number of rotatable bonds is 6. The highest BCUT2D eigenvalue weighted by molar-refractivity contribution is 5.75. The van der Waals surface area contributed by atoms with Crippen LogP contribution in [-0.4, -0.2) is 85.1 Å². The van der Waals surface area contributed by atoms with E-state index in [0.717, 1.165) is 31.6 Å². The lowest BCUT2D eigenvalue weighted by Crippen LogP contribution is -2.42. The second kappa shape index (κ2) is 11.7. The summed E-state index contributed by atoms with van der Waals surface area (Å²) in [6, 6.07) is 3.38. The summed E-state index contributed by atoms with van der Waals surface area (Å²) in [4.78, 5) is 50.2. The number of hydrogen-bond donors (Lipinski definition) is 4. The number of amides is 1. The van der Waals surface area contributed by atoms with Gasteiger partial charge in [0.1, 0.15) is 12.4 Å². The maximum Gasteiger partial charge on any atom is 0.290 e. The zero-order chi connectivity index (χ0) is 25.4. The maximum absolute atomic E-state index is 12.3. The molecule has 4 N–H and O–H groups in total. The van der Waals surface area contributed by atoms with Gasteiger partial charge >= 0.3 is 0 Å². The van der Waals surface area contributed by atoms with Gasteiger partial charge in [-0.1, -0.05) is 0 Å². The van der Waals surface area contributed by atoms with Gasteiger partial charge in [-0.05, 0) is 25.8 Å². The highest BCUT2D eigenvalue weighted by Gasteiger charge is 2.62. The number of carbonyl (C=O) groups excluding carboxylic acids is 1. The van der Waals surface area contributed by atoms with E-state index in [2.05, 4.69) is 25.3 Å². The van der Waals surface area contributed by atoms with Gasteiger partial charge in [0.25, 0.3) is 18.5 Å². The molecule has 2 bridgehead atoms. The van der Waals surface area contributed by atoms with Crippen LogP contribution in [0.5, 0.6) is 0 Å². The number of aryl methyl sites for hydroxylation is 1. The Morgan fingerprint density at radius 1 is 1.37 bits per heavy atom. The summed E-state index contributed by atoms with van der Waals surface area (Å²) in [7, 11) is 0. The van der Waals surface area contributed by atoms with Crippen molar-refractivity contribution in [2.75, 3.05) is 19.6 Å². The first kappa shape index (κ1) is 26.0. The summed E-state index contributed by atoms with van der Waals surface area (Å²) < 4.78 is 8.08. The van der Waals surface area contributed by atoms with Gasteiger partial charge in [0.05, 0.1) is 17.4 Å². The highest BCUT2D eigenvalue weighted by Crippen LogP contribution is 2.54. The SMILES string of the molecule is Cc1nc(CN2C[C@@H]3[C@H](CNC(=O)Cn4cccn4)[C@H]4CC[C@]3(C2)O4)cc(=O)[nH]1.O=CO.O=CO. The third-order valence-corrected chi connectivity index (χ3v) is 6.55. The summed E-state index contributed by atoms with van der Waals surface area (Å²) in [5, 5.41) is 20.9. The average Bonchev–Trinajstić information content (AvgIpc) is 3.54. The van der Waals surface area contributed by atoms with E-state index in [1.165, 1.54) is 0 Å². The van der Waals surface area contributed by atoms with Crippen molar-refractivity contribution in [1.82, 2.24) is 30.0 Å². The third-order valence-electron chi connectivity index (χ3n) is 6.55. The molecule has 13 nitrogen and oxygen atoms in total. The minimum Gasteiger partial charge on any atom is -0.483 e. The van der Waals surface area contributed by atoms with E-state index in [1.807, 2.05) is 6.07 Å². The van der Waals surface area contributed by atoms with Crippen molar-refractivity contribution in [2.24, 2.45) is 11.8 Å². The van der Waals surface area contributed by atoms with Crippen molar-refractivity contribution in [3.05, 3.63) is 46.4 Å². The molecular weight excluding hydrogens is 460 g/mol. The van der Waals surface area contributed by atoms with E-state index in [1.54, 1.807) is 30.1 Å². The summed E-state index contributed by atoms with van der Waals surface area (Å²) >= 11 is 0. The number of nitrogens with one attached hydrogen (secondary N) is 2. The van der Waals surface area contributed by atoms with Gasteiger partial charge in [-0.2, -0.15) is 5.10 Å². The fourth-order valence-corrected chi connectivity index (χ4v) is 5.46. The molecule has 13 heteroatoms. The fraction of sp³-hybridized carbons (Fsp3) is 0.545. The van der Waals surface area contributed by atoms with E-state index in [4.69, 9.17) is 24.5 Å². The highest BCUT2D eigenvalue weighted by atomic mass is 16.5. The number of fused-ring (bicyclic) bond motifs is 1. The lowest BCUT2D eigenvalue weighted by Gasteiger charge is -2.29. The summed E-state index contributed by atoms with van der Waals surface area (Å²) in [6.45, 7) is 4.58. The third kappa shape index (κ3) is 6.31. The summed E-state index contributed by atoms with van der Waals surface area (Å²) in [5.41, 5.74) is 0.569. The number of aromatic amines is 1. The molecule has 3 saturated heterocycles. The Morgan fingerprint density at radius 2 is 2.11 bits per heavy atom. The molecule has 1 amide bonds. The van der Waals surface area contributed by atoms with Crippen LogP contribution in [0.2, 0.25) is 0 Å². The van der Waals surface area contributed by atoms with Crippen molar-refractivity contribution in [1.29, 1.82) is 0 Å². The molecule has 0 unspecified atom stereocenters. The number of aromatic nitrogens is 4. The number of hydrogen-bond acceptors (Lipinski definition) is 8.